The second kappa shape index (κ2) is 6.94. The Kier molecular flexibility index (Phi) is 4.29. The Labute approximate surface area is 177 Å². The summed E-state index contributed by atoms with van der Waals surface area (Å²) in [6.07, 6.45) is -3.29. The first-order valence-electron chi connectivity index (χ1n) is 9.37. The molecule has 0 aliphatic heterocycles. The van der Waals surface area contributed by atoms with Gasteiger partial charge in [0.05, 0.1) is 18.4 Å². The van der Waals surface area contributed by atoms with Gasteiger partial charge in [-0.1, -0.05) is 30.3 Å². The van der Waals surface area contributed by atoms with Crippen LogP contribution in [0.2, 0.25) is 0 Å². The molecule has 32 heavy (non-hydrogen) atoms. The molecule has 0 radical (unpaired) electrons. The fourth-order valence-corrected chi connectivity index (χ4v) is 3.60. The monoisotopic (exact) mass is 441 g/mol. The van der Waals surface area contributed by atoms with Gasteiger partial charge < -0.3 is 9.15 Å². The molecule has 0 unspecified atom stereocenters. The molecule has 5 rings (SSSR count). The predicted octanol–water partition coefficient (Wildman–Crippen LogP) is 4.23. The van der Waals surface area contributed by atoms with E-state index in [0.717, 1.165) is 4.52 Å². The topological polar surface area (TPSA) is 98.3 Å². The summed E-state index contributed by atoms with van der Waals surface area (Å²) in [5.74, 6) is 0.0926. The van der Waals surface area contributed by atoms with Gasteiger partial charge in [0, 0.05) is 12.3 Å². The number of hydrogen-bond acceptors (Lipinski definition) is 6. The highest BCUT2D eigenvalue weighted by Crippen LogP contribution is 2.38. The maximum absolute atomic E-state index is 13.8. The van der Waals surface area contributed by atoms with Crippen LogP contribution in [0.1, 0.15) is 11.4 Å². The van der Waals surface area contributed by atoms with Gasteiger partial charge >= 0.3 is 6.18 Å². The number of alkyl halides is 3. The van der Waals surface area contributed by atoms with Gasteiger partial charge in [-0.25, -0.2) is 15.0 Å². The third-order valence-electron chi connectivity index (χ3n) is 4.99. The van der Waals surface area contributed by atoms with E-state index in [1.807, 2.05) is 0 Å². The highest BCUT2D eigenvalue weighted by atomic mass is 19.4. The molecule has 1 aromatic carbocycles. The number of H-pyrrole nitrogens is 1. The number of aromatic nitrogens is 5. The smallest absolute Gasteiger partial charge is 0.433 e. The Morgan fingerprint density at radius 2 is 1.84 bits per heavy atom. The van der Waals surface area contributed by atoms with Gasteiger partial charge in [-0.2, -0.15) is 17.7 Å². The second-order valence-electron chi connectivity index (χ2n) is 6.95. The van der Waals surface area contributed by atoms with Crippen LogP contribution in [0.3, 0.4) is 0 Å². The van der Waals surface area contributed by atoms with Gasteiger partial charge in [0.25, 0.3) is 5.56 Å². The van der Waals surface area contributed by atoms with E-state index in [1.54, 1.807) is 18.2 Å². The van der Waals surface area contributed by atoms with Crippen molar-refractivity contribution in [2.45, 2.75) is 13.1 Å². The fourth-order valence-electron chi connectivity index (χ4n) is 3.60. The zero-order chi connectivity index (χ0) is 22.6. The van der Waals surface area contributed by atoms with Crippen LogP contribution < -0.4 is 10.3 Å². The average Bonchev–Trinajstić information content (AvgIpc) is 3.36. The van der Waals surface area contributed by atoms with Gasteiger partial charge in [-0.05, 0) is 12.5 Å². The van der Waals surface area contributed by atoms with Crippen molar-refractivity contribution in [1.29, 1.82) is 0 Å². The van der Waals surface area contributed by atoms with Crippen molar-refractivity contribution in [3.8, 4) is 28.5 Å². The van der Waals surface area contributed by atoms with Gasteiger partial charge in [0.15, 0.2) is 16.7 Å². The van der Waals surface area contributed by atoms with E-state index >= 15 is 0 Å². The summed E-state index contributed by atoms with van der Waals surface area (Å²) >= 11 is 0. The minimum Gasteiger partial charge on any atom is -0.479 e. The number of fused-ring (bicyclic) bond motifs is 2. The van der Waals surface area contributed by atoms with E-state index in [2.05, 4.69) is 20.1 Å². The summed E-state index contributed by atoms with van der Waals surface area (Å²) in [6.45, 7) is 1.51. The third kappa shape index (κ3) is 2.93. The van der Waals surface area contributed by atoms with Gasteiger partial charge in [-0.15, -0.1) is 0 Å². The summed E-state index contributed by atoms with van der Waals surface area (Å²) in [6, 6.07) is 9.49. The summed E-state index contributed by atoms with van der Waals surface area (Å²) in [4.78, 5) is 25.9. The second-order valence-corrected chi connectivity index (χ2v) is 6.95. The minimum absolute atomic E-state index is 0.0738. The summed E-state index contributed by atoms with van der Waals surface area (Å²) in [5.41, 5.74) is -1.26. The van der Waals surface area contributed by atoms with Gasteiger partial charge in [0.1, 0.15) is 11.3 Å². The molecular formula is C21H14F3N5O3. The first kappa shape index (κ1) is 19.8. The lowest BCUT2D eigenvalue weighted by Crippen LogP contribution is -2.20. The molecule has 4 heterocycles. The summed E-state index contributed by atoms with van der Waals surface area (Å²) < 4.78 is 53.1. The quantitative estimate of drug-likeness (QED) is 0.450. The molecule has 162 valence electrons. The number of halogens is 3. The van der Waals surface area contributed by atoms with Crippen molar-refractivity contribution < 1.29 is 22.3 Å². The number of nitrogens with one attached hydrogen (secondary N) is 1. The van der Waals surface area contributed by atoms with E-state index in [-0.39, 0.29) is 45.3 Å². The molecule has 0 atom stereocenters. The van der Waals surface area contributed by atoms with Crippen LogP contribution in [0, 0.1) is 6.92 Å². The number of nitrogens with zero attached hydrogens (tertiary/aromatic N) is 4. The molecule has 0 bridgehead atoms. The molecule has 0 spiro atoms. The van der Waals surface area contributed by atoms with E-state index in [4.69, 9.17) is 9.15 Å². The number of hydrogen-bond donors (Lipinski definition) is 1. The van der Waals surface area contributed by atoms with Crippen molar-refractivity contribution >= 4 is 16.7 Å². The van der Waals surface area contributed by atoms with Gasteiger partial charge in [0.2, 0.25) is 11.8 Å². The van der Waals surface area contributed by atoms with Crippen molar-refractivity contribution in [2.75, 3.05) is 7.11 Å². The number of benzene rings is 1. The van der Waals surface area contributed by atoms with Crippen LogP contribution in [0.15, 0.2) is 51.8 Å². The highest BCUT2D eigenvalue weighted by Gasteiger charge is 2.38. The van der Waals surface area contributed by atoms with Crippen molar-refractivity contribution in [1.82, 2.24) is 24.6 Å². The number of pyridine rings is 1. The van der Waals surface area contributed by atoms with Crippen molar-refractivity contribution in [3.63, 3.8) is 0 Å². The number of rotatable bonds is 3. The standard InChI is InChI=1S/C21H14F3N5O3/c1-10-13(18-27-15-12(32-18)8-9-25-19(15)31-2)20(30)29-17(26-10)14(11-6-4-3-5-7-11)16(28-29)21(22,23)24/h3-9,28H,1-2H3. The van der Waals surface area contributed by atoms with E-state index in [1.165, 1.54) is 38.4 Å². The molecule has 11 heteroatoms. The largest absolute Gasteiger partial charge is 0.479 e. The highest BCUT2D eigenvalue weighted by molar-refractivity contribution is 5.83. The minimum atomic E-state index is -4.74. The molecule has 0 fully saturated rings. The Morgan fingerprint density at radius 3 is 2.53 bits per heavy atom. The maximum atomic E-state index is 13.8. The number of oxazole rings is 1. The van der Waals surface area contributed by atoms with Crippen LogP contribution >= 0.6 is 0 Å². The molecule has 0 aliphatic rings. The number of aryl methyl sites for hydroxylation is 1. The summed E-state index contributed by atoms with van der Waals surface area (Å²) in [7, 11) is 1.41. The van der Waals surface area contributed by atoms with Gasteiger partial charge in [-0.3, -0.25) is 9.89 Å². The molecule has 1 N–H and O–H groups in total. The van der Waals surface area contributed by atoms with Crippen LogP contribution in [0.5, 0.6) is 5.88 Å². The van der Waals surface area contributed by atoms with E-state index in [0.29, 0.717) is 5.58 Å². The molecule has 0 saturated heterocycles. The first-order chi connectivity index (χ1) is 15.3. The normalized spacial score (nSPS) is 12.0. The Hall–Kier alpha value is -4.15. The lowest BCUT2D eigenvalue weighted by Gasteiger charge is -2.07. The molecule has 0 aliphatic carbocycles. The first-order valence-corrected chi connectivity index (χ1v) is 9.37. The Bertz CT molecular complexity index is 1530. The lowest BCUT2D eigenvalue weighted by molar-refractivity contribution is -0.140. The zero-order valence-corrected chi connectivity index (χ0v) is 16.7. The van der Waals surface area contributed by atoms with Crippen LogP contribution in [-0.4, -0.2) is 31.7 Å². The average molecular weight is 441 g/mol. The molecular weight excluding hydrogens is 427 g/mol. The van der Waals surface area contributed by atoms with E-state index in [9.17, 15) is 18.0 Å². The van der Waals surface area contributed by atoms with Crippen LogP contribution in [0.4, 0.5) is 13.2 Å². The van der Waals surface area contributed by atoms with Crippen LogP contribution in [-0.2, 0) is 6.18 Å². The number of aromatic amines is 1. The lowest BCUT2D eigenvalue weighted by atomic mass is 10.1. The van der Waals surface area contributed by atoms with Crippen LogP contribution in [0.25, 0.3) is 39.3 Å². The van der Waals surface area contributed by atoms with E-state index < -0.39 is 17.4 Å². The predicted molar refractivity (Wildman–Crippen MR) is 108 cm³/mol. The Balaban J connectivity index is 1.82. The Morgan fingerprint density at radius 1 is 1.09 bits per heavy atom. The molecule has 5 aromatic rings. The molecule has 4 aromatic heterocycles. The molecule has 0 saturated carbocycles. The van der Waals surface area contributed by atoms with Crippen molar-refractivity contribution in [3.05, 3.63) is 64.3 Å². The molecule has 0 amide bonds. The third-order valence-corrected chi connectivity index (χ3v) is 4.99. The van der Waals surface area contributed by atoms with Crippen molar-refractivity contribution in [2.24, 2.45) is 0 Å². The molecule has 8 nitrogen and oxygen atoms in total. The zero-order valence-electron chi connectivity index (χ0n) is 16.7. The summed E-state index contributed by atoms with van der Waals surface area (Å²) in [5, 5.41) is 2.17. The number of ether oxygens (including phenoxy) is 1. The number of methoxy groups -OCH3 is 1. The SMILES string of the molecule is COc1nccc2oc(-c3c(C)nc4c(-c5ccccc5)c(C(F)(F)F)[nH]n4c3=O)nc12. The maximum Gasteiger partial charge on any atom is 0.433 e. The fraction of sp³-hybridized carbons (Fsp3) is 0.143.